The molecule has 0 aliphatic heterocycles. The van der Waals surface area contributed by atoms with Crippen molar-refractivity contribution in [1.29, 1.82) is 0 Å². The van der Waals surface area contributed by atoms with Crippen LogP contribution in [0.5, 0.6) is 0 Å². The molecule has 0 saturated carbocycles. The van der Waals surface area contributed by atoms with Gasteiger partial charge >= 0.3 is 0 Å². The first kappa shape index (κ1) is 9.68. The van der Waals surface area contributed by atoms with Gasteiger partial charge in [0, 0.05) is 5.39 Å². The average molecular weight is 254 g/mol. The quantitative estimate of drug-likeness (QED) is 0.882. The van der Waals surface area contributed by atoms with Gasteiger partial charge in [-0.05, 0) is 40.9 Å². The van der Waals surface area contributed by atoms with Crippen LogP contribution in [-0.4, -0.2) is 16.7 Å². The predicted molar refractivity (Wildman–Crippen MR) is 61.2 cm³/mol. The van der Waals surface area contributed by atoms with E-state index in [1.807, 2.05) is 0 Å². The summed E-state index contributed by atoms with van der Waals surface area (Å²) in [4.78, 5) is 0. The molecular weight excluding hydrogens is 242 g/mol. The van der Waals surface area contributed by atoms with Crippen LogP contribution in [0.15, 0.2) is 22.8 Å². The first-order valence-corrected chi connectivity index (χ1v) is 5.44. The zero-order chi connectivity index (χ0) is 9.97. The smallest absolute Gasteiger partial charge is 0.108 e. The van der Waals surface area contributed by atoms with E-state index in [0.717, 1.165) is 34.9 Å². The monoisotopic (exact) mass is 253 g/mol. The van der Waals surface area contributed by atoms with Crippen molar-refractivity contribution in [2.24, 2.45) is 5.73 Å². The van der Waals surface area contributed by atoms with Crippen molar-refractivity contribution in [2.75, 3.05) is 6.54 Å². The summed E-state index contributed by atoms with van der Waals surface area (Å²) < 4.78 is 0.946. The van der Waals surface area contributed by atoms with E-state index < -0.39 is 0 Å². The molecule has 0 bridgehead atoms. The second-order valence-corrected chi connectivity index (χ2v) is 4.04. The van der Waals surface area contributed by atoms with Crippen LogP contribution in [0.2, 0.25) is 0 Å². The van der Waals surface area contributed by atoms with Gasteiger partial charge in [0.05, 0.1) is 5.52 Å². The van der Waals surface area contributed by atoms with Gasteiger partial charge in [0.1, 0.15) is 4.60 Å². The minimum atomic E-state index is 0.724. The highest BCUT2D eigenvalue weighted by atomic mass is 79.9. The number of benzene rings is 1. The zero-order valence-electron chi connectivity index (χ0n) is 7.76. The Morgan fingerprint density at radius 1 is 1.43 bits per heavy atom. The summed E-state index contributed by atoms with van der Waals surface area (Å²) >= 11 is 3.43. The number of hydrogen-bond acceptors (Lipinski definition) is 2. The highest BCUT2D eigenvalue weighted by Gasteiger charge is 2.06. The molecule has 14 heavy (non-hydrogen) atoms. The number of H-pyrrole nitrogens is 1. The van der Waals surface area contributed by atoms with Gasteiger partial charge in [0.15, 0.2) is 0 Å². The first-order chi connectivity index (χ1) is 6.83. The van der Waals surface area contributed by atoms with Gasteiger partial charge in [0.25, 0.3) is 0 Å². The first-order valence-electron chi connectivity index (χ1n) is 4.64. The molecule has 0 unspecified atom stereocenters. The van der Waals surface area contributed by atoms with Crippen LogP contribution in [0.25, 0.3) is 10.9 Å². The number of halogens is 1. The highest BCUT2D eigenvalue weighted by Crippen LogP contribution is 2.24. The van der Waals surface area contributed by atoms with Crippen LogP contribution in [-0.2, 0) is 6.42 Å². The number of fused-ring (bicyclic) bond motifs is 1. The summed E-state index contributed by atoms with van der Waals surface area (Å²) in [6, 6.07) is 6.20. The average Bonchev–Trinajstić information content (AvgIpc) is 2.58. The van der Waals surface area contributed by atoms with E-state index in [0.29, 0.717) is 0 Å². The van der Waals surface area contributed by atoms with Crippen molar-refractivity contribution in [3.05, 3.63) is 28.4 Å². The van der Waals surface area contributed by atoms with Crippen molar-refractivity contribution >= 4 is 26.8 Å². The Morgan fingerprint density at radius 2 is 2.29 bits per heavy atom. The van der Waals surface area contributed by atoms with E-state index in [1.54, 1.807) is 0 Å². The van der Waals surface area contributed by atoms with E-state index in [-0.39, 0.29) is 0 Å². The molecule has 0 fully saturated rings. The van der Waals surface area contributed by atoms with E-state index in [4.69, 9.17) is 5.73 Å². The minimum absolute atomic E-state index is 0.724. The number of nitrogens with zero attached hydrogens (tertiary/aromatic N) is 1. The second kappa shape index (κ2) is 4.11. The van der Waals surface area contributed by atoms with E-state index in [1.165, 1.54) is 5.56 Å². The molecular formula is C10H12BrN3. The number of aromatic nitrogens is 2. The third-order valence-corrected chi connectivity index (χ3v) is 2.88. The van der Waals surface area contributed by atoms with Crippen molar-refractivity contribution in [1.82, 2.24) is 10.2 Å². The fraction of sp³-hybridized carbons (Fsp3) is 0.300. The summed E-state index contributed by atoms with van der Waals surface area (Å²) in [5.41, 5.74) is 7.80. The van der Waals surface area contributed by atoms with Crippen LogP contribution >= 0.6 is 15.9 Å². The summed E-state index contributed by atoms with van der Waals surface area (Å²) in [6.45, 7) is 0.724. The Balaban J connectivity index is 2.44. The lowest BCUT2D eigenvalue weighted by Gasteiger charge is -1.99. The van der Waals surface area contributed by atoms with Gasteiger partial charge in [-0.3, -0.25) is 5.10 Å². The molecule has 1 heterocycles. The summed E-state index contributed by atoms with van der Waals surface area (Å²) in [6.07, 6.45) is 1.99. The number of aryl methyl sites for hydroxylation is 1. The van der Waals surface area contributed by atoms with E-state index in [9.17, 15) is 0 Å². The van der Waals surface area contributed by atoms with Crippen molar-refractivity contribution in [3.8, 4) is 0 Å². The fourth-order valence-electron chi connectivity index (χ4n) is 1.56. The van der Waals surface area contributed by atoms with Crippen LogP contribution < -0.4 is 5.73 Å². The zero-order valence-corrected chi connectivity index (χ0v) is 9.34. The van der Waals surface area contributed by atoms with Crippen LogP contribution in [0.1, 0.15) is 12.0 Å². The largest absolute Gasteiger partial charge is 0.330 e. The predicted octanol–water partition coefficient (Wildman–Crippen LogP) is 2.22. The molecule has 0 spiro atoms. The van der Waals surface area contributed by atoms with Gasteiger partial charge in [0.2, 0.25) is 0 Å². The number of aromatic amines is 1. The Labute approximate surface area is 90.8 Å². The Bertz CT molecular complexity index is 436. The molecule has 0 aliphatic rings. The molecule has 4 heteroatoms. The van der Waals surface area contributed by atoms with Gasteiger partial charge < -0.3 is 5.73 Å². The molecule has 1 aromatic carbocycles. The Kier molecular flexibility index (Phi) is 2.84. The molecule has 74 valence electrons. The molecule has 0 radical (unpaired) electrons. The lowest BCUT2D eigenvalue weighted by atomic mass is 10.1. The molecule has 3 nitrogen and oxygen atoms in total. The molecule has 0 aliphatic carbocycles. The van der Waals surface area contributed by atoms with E-state index >= 15 is 0 Å². The number of para-hydroxylation sites is 1. The Morgan fingerprint density at radius 3 is 3.07 bits per heavy atom. The maximum absolute atomic E-state index is 5.49. The number of nitrogens with two attached hydrogens (primary N) is 1. The second-order valence-electron chi connectivity index (χ2n) is 3.24. The van der Waals surface area contributed by atoms with E-state index in [2.05, 4.69) is 44.3 Å². The fourth-order valence-corrected chi connectivity index (χ4v) is 1.97. The lowest BCUT2D eigenvalue weighted by Crippen LogP contribution is -2.00. The summed E-state index contributed by atoms with van der Waals surface area (Å²) in [7, 11) is 0. The van der Waals surface area contributed by atoms with Gasteiger partial charge in [-0.2, -0.15) is 5.10 Å². The lowest BCUT2D eigenvalue weighted by molar-refractivity contribution is 0.835. The SMILES string of the molecule is NCCCc1cccc2c(Br)[nH]nc12. The van der Waals surface area contributed by atoms with Gasteiger partial charge in [-0.25, -0.2) is 0 Å². The van der Waals surface area contributed by atoms with Gasteiger partial charge in [-0.1, -0.05) is 18.2 Å². The molecule has 1 aromatic heterocycles. The van der Waals surface area contributed by atoms with Crippen molar-refractivity contribution < 1.29 is 0 Å². The van der Waals surface area contributed by atoms with Crippen LogP contribution in [0, 0.1) is 0 Å². The third-order valence-electron chi connectivity index (χ3n) is 2.27. The summed E-state index contributed by atoms with van der Waals surface area (Å²) in [5.74, 6) is 0. The number of hydrogen-bond donors (Lipinski definition) is 2. The molecule has 0 atom stereocenters. The third kappa shape index (κ3) is 1.67. The maximum atomic E-state index is 5.49. The molecule has 2 rings (SSSR count). The maximum Gasteiger partial charge on any atom is 0.108 e. The van der Waals surface area contributed by atoms with Crippen LogP contribution in [0.3, 0.4) is 0 Å². The minimum Gasteiger partial charge on any atom is -0.330 e. The standard InChI is InChI=1S/C10H12BrN3/c11-10-8-5-1-3-7(4-2-6-12)9(8)13-14-10/h1,3,5H,2,4,6,12H2,(H,13,14). The molecule has 2 aromatic rings. The number of nitrogens with one attached hydrogen (secondary N) is 1. The number of rotatable bonds is 3. The normalized spacial score (nSPS) is 11.0. The highest BCUT2D eigenvalue weighted by molar-refractivity contribution is 9.10. The van der Waals surface area contributed by atoms with Crippen molar-refractivity contribution in [2.45, 2.75) is 12.8 Å². The Hall–Kier alpha value is -0.870. The van der Waals surface area contributed by atoms with Crippen molar-refractivity contribution in [3.63, 3.8) is 0 Å². The van der Waals surface area contributed by atoms with Gasteiger partial charge in [-0.15, -0.1) is 0 Å². The topological polar surface area (TPSA) is 54.7 Å². The van der Waals surface area contributed by atoms with Crippen LogP contribution in [0.4, 0.5) is 0 Å². The molecule has 3 N–H and O–H groups in total. The molecule has 0 saturated heterocycles. The molecule has 0 amide bonds. The summed E-state index contributed by atoms with van der Waals surface area (Å²) in [5, 5.41) is 8.33.